The zero-order chi connectivity index (χ0) is 43.1. The van der Waals surface area contributed by atoms with Gasteiger partial charge in [-0.1, -0.05) is 60.7 Å². The number of ether oxygens (including phenoxy) is 2. The van der Waals surface area contributed by atoms with Crippen LogP contribution < -0.4 is 10.6 Å². The maximum atomic E-state index is 14.0. The summed E-state index contributed by atoms with van der Waals surface area (Å²) in [4.78, 5) is 73.2. The molecule has 4 atom stereocenters. The van der Waals surface area contributed by atoms with Crippen LogP contribution in [0.5, 0.6) is 0 Å². The predicted molar refractivity (Wildman–Crippen MR) is 230 cm³/mol. The van der Waals surface area contributed by atoms with Gasteiger partial charge < -0.3 is 39.9 Å². The Kier molecular flexibility index (Phi) is 12.7. The number of aromatic amines is 2. The summed E-state index contributed by atoms with van der Waals surface area (Å²) in [5.41, 5.74) is 2.94. The summed E-state index contributed by atoms with van der Waals surface area (Å²) in [6, 6.07) is 16.8. The van der Waals surface area contributed by atoms with Crippen molar-refractivity contribution in [3.63, 3.8) is 0 Å². The third-order valence-corrected chi connectivity index (χ3v) is 12.3. The summed E-state index contributed by atoms with van der Waals surface area (Å²) < 4.78 is 11.8. The lowest BCUT2D eigenvalue weighted by molar-refractivity contribution is -0.154. The lowest BCUT2D eigenvalue weighted by Crippen LogP contribution is -2.43. The third kappa shape index (κ3) is 10.2. The molecular formula is C49H50N8O6. The van der Waals surface area contributed by atoms with E-state index in [0.717, 1.165) is 68.2 Å². The molecule has 322 valence electrons. The predicted octanol–water partition coefficient (Wildman–Crippen LogP) is 4.90. The highest BCUT2D eigenvalue weighted by Crippen LogP contribution is 2.37. The van der Waals surface area contributed by atoms with Gasteiger partial charge in [0.05, 0.1) is 31.5 Å². The van der Waals surface area contributed by atoms with E-state index >= 15 is 0 Å². The topological polar surface area (TPSA) is 175 Å². The second-order valence-corrected chi connectivity index (χ2v) is 16.9. The number of aromatic nitrogens is 4. The van der Waals surface area contributed by atoms with E-state index in [1.54, 1.807) is 17.3 Å². The first-order valence-corrected chi connectivity index (χ1v) is 22.0. The Morgan fingerprint density at radius 3 is 1.90 bits per heavy atom. The summed E-state index contributed by atoms with van der Waals surface area (Å²) in [7, 11) is 0. The van der Waals surface area contributed by atoms with Crippen LogP contribution in [0.3, 0.4) is 0 Å². The number of carbonyl (C=O) groups is 4. The van der Waals surface area contributed by atoms with Gasteiger partial charge in [-0.15, -0.1) is 0 Å². The number of likely N-dealkylation sites (tertiary alicyclic amines) is 2. The molecule has 2 saturated carbocycles. The van der Waals surface area contributed by atoms with E-state index in [2.05, 4.69) is 66.1 Å². The summed E-state index contributed by atoms with van der Waals surface area (Å²) in [6.07, 6.45) is 10.1. The molecule has 2 aromatic carbocycles. The van der Waals surface area contributed by atoms with Crippen LogP contribution in [-0.2, 0) is 28.7 Å². The number of hydrogen-bond acceptors (Lipinski definition) is 8. The summed E-state index contributed by atoms with van der Waals surface area (Å²) in [5, 5.41) is 6.03. The zero-order valence-electron chi connectivity index (χ0n) is 35.0. The fourth-order valence-corrected chi connectivity index (χ4v) is 8.56. The number of rotatable bonds is 12. The van der Waals surface area contributed by atoms with Gasteiger partial charge in [0.25, 0.3) is 0 Å². The highest BCUT2D eigenvalue weighted by atomic mass is 16.7. The van der Waals surface area contributed by atoms with Crippen LogP contribution in [-0.4, -0.2) is 86.0 Å². The van der Waals surface area contributed by atoms with Crippen molar-refractivity contribution in [1.29, 1.82) is 0 Å². The fraction of sp³-hybridized carbons (Fsp3) is 0.429. The van der Waals surface area contributed by atoms with Gasteiger partial charge in [0.1, 0.15) is 29.4 Å². The fourth-order valence-electron chi connectivity index (χ4n) is 8.56. The molecule has 5 heterocycles. The van der Waals surface area contributed by atoms with Gasteiger partial charge in [-0.3, -0.25) is 19.2 Å². The second-order valence-electron chi connectivity index (χ2n) is 16.9. The van der Waals surface area contributed by atoms with Crippen molar-refractivity contribution >= 4 is 23.6 Å². The van der Waals surface area contributed by atoms with E-state index in [9.17, 15) is 19.2 Å². The molecule has 4 amide bonds. The first kappa shape index (κ1) is 41.7. The minimum atomic E-state index is -0.763. The van der Waals surface area contributed by atoms with Gasteiger partial charge in [-0.25, -0.2) is 9.97 Å². The van der Waals surface area contributed by atoms with E-state index < -0.39 is 18.4 Å². The van der Waals surface area contributed by atoms with Gasteiger partial charge in [-0.05, 0) is 104 Å². The normalized spacial score (nSPS) is 22.6. The number of carbonyl (C=O) groups excluding carboxylic acids is 4. The highest BCUT2D eigenvalue weighted by Gasteiger charge is 2.40. The van der Waals surface area contributed by atoms with Gasteiger partial charge in [-0.2, -0.15) is 0 Å². The van der Waals surface area contributed by atoms with E-state index in [0.29, 0.717) is 56.0 Å². The number of nitrogens with zero attached hydrogens (tertiary/aromatic N) is 4. The summed E-state index contributed by atoms with van der Waals surface area (Å²) >= 11 is 0. The van der Waals surface area contributed by atoms with Crippen molar-refractivity contribution in [1.82, 2.24) is 40.4 Å². The van der Waals surface area contributed by atoms with Gasteiger partial charge >= 0.3 is 0 Å². The molecule has 4 N–H and O–H groups in total. The average molecular weight is 847 g/mol. The molecule has 5 fully saturated rings. The SMILES string of the molecule is O=C(CC1CC1)N[C@H](C(=O)N1CCC[C@H]1c1ncc(C#CC#CC#CC2OCC(c3cnc([C@@H]4CCCN4C(=O)[C@@H](NC(=O)C4CC4)c4ccccc4)[nH]3)CO2)[nH]1)c1ccccc1. The zero-order valence-corrected chi connectivity index (χ0v) is 35.0. The van der Waals surface area contributed by atoms with Gasteiger partial charge in [0.2, 0.25) is 29.9 Å². The number of nitrogens with one attached hydrogen (secondary N) is 4. The molecule has 2 aliphatic carbocycles. The molecule has 0 radical (unpaired) electrons. The van der Waals surface area contributed by atoms with Crippen molar-refractivity contribution in [2.75, 3.05) is 26.3 Å². The number of hydrogen-bond donors (Lipinski definition) is 4. The number of benzene rings is 2. The first-order chi connectivity index (χ1) is 30.9. The molecule has 2 aromatic heterocycles. The summed E-state index contributed by atoms with van der Waals surface area (Å²) in [6.45, 7) is 1.87. The van der Waals surface area contributed by atoms with Gasteiger partial charge in [0, 0.05) is 43.2 Å². The van der Waals surface area contributed by atoms with Crippen molar-refractivity contribution in [3.05, 3.63) is 107 Å². The number of H-pyrrole nitrogens is 2. The summed E-state index contributed by atoms with van der Waals surface area (Å²) in [5.74, 6) is 18.1. The average Bonchev–Trinajstić information content (AvgIpc) is 4.02. The Morgan fingerprint density at radius 2 is 1.29 bits per heavy atom. The Bertz CT molecular complexity index is 2490. The second kappa shape index (κ2) is 19.2. The van der Waals surface area contributed by atoms with Crippen molar-refractivity contribution in [3.8, 4) is 35.5 Å². The molecule has 14 heteroatoms. The van der Waals surface area contributed by atoms with Crippen LogP contribution in [0.2, 0.25) is 0 Å². The van der Waals surface area contributed by atoms with E-state index in [1.165, 1.54) is 0 Å². The first-order valence-electron chi connectivity index (χ1n) is 22.0. The third-order valence-electron chi connectivity index (χ3n) is 12.3. The lowest BCUT2D eigenvalue weighted by atomic mass is 10.0. The molecule has 9 rings (SSSR count). The lowest BCUT2D eigenvalue weighted by Gasteiger charge is -2.29. The maximum Gasteiger partial charge on any atom is 0.250 e. The molecule has 0 spiro atoms. The van der Waals surface area contributed by atoms with Crippen LogP contribution in [0.25, 0.3) is 0 Å². The molecule has 4 aromatic rings. The van der Waals surface area contributed by atoms with Crippen molar-refractivity contribution in [2.45, 2.75) is 94.2 Å². The smallest absolute Gasteiger partial charge is 0.250 e. The molecular weight excluding hydrogens is 797 g/mol. The molecule has 3 saturated heterocycles. The van der Waals surface area contributed by atoms with Crippen LogP contribution in [0.1, 0.15) is 122 Å². The maximum absolute atomic E-state index is 14.0. The highest BCUT2D eigenvalue weighted by molar-refractivity contribution is 5.91. The molecule has 5 aliphatic rings. The quantitative estimate of drug-likeness (QED) is 0.146. The van der Waals surface area contributed by atoms with E-state index in [4.69, 9.17) is 9.47 Å². The van der Waals surface area contributed by atoms with Crippen molar-refractivity contribution in [2.24, 2.45) is 11.8 Å². The molecule has 14 nitrogen and oxygen atoms in total. The molecule has 3 aliphatic heterocycles. The van der Waals surface area contributed by atoms with Crippen LogP contribution in [0.15, 0.2) is 73.1 Å². The van der Waals surface area contributed by atoms with E-state index in [1.807, 2.05) is 65.6 Å². The molecule has 0 unspecified atom stereocenters. The van der Waals surface area contributed by atoms with E-state index in [-0.39, 0.29) is 47.5 Å². The Hall–Kier alpha value is -6.66. The number of amides is 4. The van der Waals surface area contributed by atoms with Gasteiger partial charge in [0.15, 0.2) is 0 Å². The molecule has 0 bridgehead atoms. The van der Waals surface area contributed by atoms with Crippen LogP contribution in [0, 0.1) is 47.4 Å². The Balaban J connectivity index is 0.764. The van der Waals surface area contributed by atoms with Crippen molar-refractivity contribution < 1.29 is 28.7 Å². The minimum Gasteiger partial charge on any atom is -0.344 e. The Morgan fingerprint density at radius 1 is 0.698 bits per heavy atom. The monoisotopic (exact) mass is 846 g/mol. The largest absolute Gasteiger partial charge is 0.344 e. The Labute approximate surface area is 366 Å². The minimum absolute atomic E-state index is 0.0114. The molecule has 63 heavy (non-hydrogen) atoms. The standard InChI is InChI=1S/C49H50N8O6/c58-41(27-32-21-22-32)54-43(33-13-5-3-6-14-33)48(60)56-25-11-18-39(56)45-50-28-37(52-45)17-9-1-2-10-20-42-62-30-36(31-63-42)38-29-51-46(53-38)40-19-12-26-57(40)49(61)44(34-15-7-4-8-16-34)55-47(59)35-23-24-35/h3-8,13-16,28-29,32,35-36,39-40,42-44H,11-12,18-19,21-27,30-31H2,(H,50,52)(H,51,53)(H,54,58)(H,55,59)/t36?,39-,40-,42?,43-,44-/m0/s1. The van der Waals surface area contributed by atoms with Crippen LogP contribution >= 0.6 is 0 Å². The van der Waals surface area contributed by atoms with Crippen LogP contribution in [0.4, 0.5) is 0 Å². The number of imidazole rings is 2.